The van der Waals surface area contributed by atoms with Crippen molar-refractivity contribution in [3.05, 3.63) is 60.2 Å². The zero-order valence-electron chi connectivity index (χ0n) is 15.2. The summed E-state index contributed by atoms with van der Waals surface area (Å²) in [5.41, 5.74) is 0.622. The summed E-state index contributed by atoms with van der Waals surface area (Å²) >= 11 is 0. The first-order valence-electron chi connectivity index (χ1n) is 8.35. The highest BCUT2D eigenvalue weighted by molar-refractivity contribution is 7.89. The Balaban J connectivity index is 1.91. The molecule has 27 heavy (non-hydrogen) atoms. The molecule has 0 radical (unpaired) electrons. The van der Waals surface area contributed by atoms with Crippen LogP contribution in [0, 0.1) is 0 Å². The lowest BCUT2D eigenvalue weighted by atomic mass is 10.1. The summed E-state index contributed by atoms with van der Waals surface area (Å²) < 4.78 is 30.8. The van der Waals surface area contributed by atoms with Crippen molar-refractivity contribution in [2.24, 2.45) is 0 Å². The van der Waals surface area contributed by atoms with Crippen LogP contribution in [0.5, 0.6) is 0 Å². The van der Waals surface area contributed by atoms with Gasteiger partial charge < -0.3 is 10.1 Å². The van der Waals surface area contributed by atoms with Gasteiger partial charge in [0.05, 0.1) is 23.3 Å². The van der Waals surface area contributed by atoms with E-state index in [1.54, 1.807) is 42.5 Å². The fraction of sp³-hybridized carbons (Fsp3) is 0.263. The molecule has 1 amide bonds. The van der Waals surface area contributed by atoms with Crippen molar-refractivity contribution >= 4 is 27.6 Å². The SMILES string of the molecule is COC(=O)c1ccccc1NC(=O)CCCN(C)S(=O)(=O)c1ccccc1. The summed E-state index contributed by atoms with van der Waals surface area (Å²) in [7, 11) is -0.830. The molecule has 0 saturated heterocycles. The molecule has 2 aromatic carbocycles. The predicted octanol–water partition coefficient (Wildman–Crippen LogP) is 2.51. The normalized spacial score (nSPS) is 11.2. The Kier molecular flexibility index (Phi) is 7.09. The maximum absolute atomic E-state index is 12.4. The largest absolute Gasteiger partial charge is 0.465 e. The number of hydrogen-bond acceptors (Lipinski definition) is 5. The standard InChI is InChI=1S/C19H22N2O5S/c1-21(27(24,25)15-9-4-3-5-10-15)14-8-13-18(22)20-17-12-7-6-11-16(17)19(23)26-2/h3-7,9-12H,8,13-14H2,1-2H3,(H,20,22). The van der Waals surface area contributed by atoms with Gasteiger partial charge in [-0.25, -0.2) is 17.5 Å². The van der Waals surface area contributed by atoms with Crippen LogP contribution in [-0.2, 0) is 19.6 Å². The van der Waals surface area contributed by atoms with Crippen molar-refractivity contribution in [3.8, 4) is 0 Å². The minimum atomic E-state index is -3.58. The van der Waals surface area contributed by atoms with E-state index in [4.69, 9.17) is 0 Å². The van der Waals surface area contributed by atoms with Crippen LogP contribution < -0.4 is 5.32 Å². The van der Waals surface area contributed by atoms with Gasteiger partial charge in [-0.15, -0.1) is 0 Å². The van der Waals surface area contributed by atoms with Crippen molar-refractivity contribution in [2.75, 3.05) is 26.0 Å². The molecule has 0 aromatic heterocycles. The Morgan fingerprint density at radius 3 is 2.33 bits per heavy atom. The van der Waals surface area contributed by atoms with Gasteiger partial charge in [0, 0.05) is 20.0 Å². The summed E-state index contributed by atoms with van der Waals surface area (Å²) in [6, 6.07) is 14.7. The molecule has 1 N–H and O–H groups in total. The van der Waals surface area contributed by atoms with E-state index in [1.807, 2.05) is 0 Å². The number of sulfonamides is 1. The number of rotatable bonds is 8. The fourth-order valence-electron chi connectivity index (χ4n) is 2.45. The highest BCUT2D eigenvalue weighted by Gasteiger charge is 2.20. The zero-order valence-corrected chi connectivity index (χ0v) is 16.0. The lowest BCUT2D eigenvalue weighted by Crippen LogP contribution is -2.28. The maximum atomic E-state index is 12.4. The van der Waals surface area contributed by atoms with Crippen LogP contribution in [-0.4, -0.2) is 45.3 Å². The first-order valence-corrected chi connectivity index (χ1v) is 9.79. The van der Waals surface area contributed by atoms with E-state index in [-0.39, 0.29) is 29.3 Å². The maximum Gasteiger partial charge on any atom is 0.339 e. The molecule has 144 valence electrons. The molecule has 0 atom stereocenters. The average molecular weight is 390 g/mol. The van der Waals surface area contributed by atoms with E-state index in [9.17, 15) is 18.0 Å². The average Bonchev–Trinajstić information content (AvgIpc) is 2.68. The number of nitrogens with one attached hydrogen (secondary N) is 1. The molecule has 0 saturated carbocycles. The number of anilines is 1. The minimum absolute atomic E-state index is 0.115. The van der Waals surface area contributed by atoms with Crippen LogP contribution >= 0.6 is 0 Å². The summed E-state index contributed by atoms with van der Waals surface area (Å²) in [4.78, 5) is 24.1. The topological polar surface area (TPSA) is 92.8 Å². The minimum Gasteiger partial charge on any atom is -0.465 e. The first-order chi connectivity index (χ1) is 12.9. The lowest BCUT2D eigenvalue weighted by Gasteiger charge is -2.17. The van der Waals surface area contributed by atoms with Gasteiger partial charge in [0.25, 0.3) is 0 Å². The van der Waals surface area contributed by atoms with Crippen LogP contribution in [0.15, 0.2) is 59.5 Å². The first kappa shape index (κ1) is 20.6. The number of carbonyl (C=O) groups excluding carboxylic acids is 2. The highest BCUT2D eigenvalue weighted by Crippen LogP contribution is 2.17. The van der Waals surface area contributed by atoms with Crippen molar-refractivity contribution in [1.29, 1.82) is 0 Å². The molecular formula is C19H22N2O5S. The molecular weight excluding hydrogens is 368 g/mol. The summed E-state index contributed by atoms with van der Waals surface area (Å²) in [6.07, 6.45) is 0.457. The van der Waals surface area contributed by atoms with Crippen LogP contribution in [0.1, 0.15) is 23.2 Å². The molecule has 7 nitrogen and oxygen atoms in total. The molecule has 0 unspecified atom stereocenters. The van der Waals surface area contributed by atoms with Gasteiger partial charge in [0.15, 0.2) is 0 Å². The summed E-state index contributed by atoms with van der Waals surface area (Å²) in [5, 5.41) is 2.66. The monoisotopic (exact) mass is 390 g/mol. The van der Waals surface area contributed by atoms with Gasteiger partial charge in [-0.05, 0) is 30.7 Å². The van der Waals surface area contributed by atoms with Gasteiger partial charge in [0.1, 0.15) is 0 Å². The van der Waals surface area contributed by atoms with E-state index in [2.05, 4.69) is 10.1 Å². The summed E-state index contributed by atoms with van der Waals surface area (Å²) in [6.45, 7) is 0.198. The van der Waals surface area contributed by atoms with E-state index >= 15 is 0 Å². The number of carbonyl (C=O) groups is 2. The van der Waals surface area contributed by atoms with E-state index in [0.717, 1.165) is 0 Å². The number of amides is 1. The van der Waals surface area contributed by atoms with Crippen LogP contribution in [0.4, 0.5) is 5.69 Å². The third-order valence-corrected chi connectivity index (χ3v) is 5.81. The van der Waals surface area contributed by atoms with Crippen molar-refractivity contribution in [3.63, 3.8) is 0 Å². The molecule has 0 aliphatic rings. The highest BCUT2D eigenvalue weighted by atomic mass is 32.2. The Bertz CT molecular complexity index is 897. The third kappa shape index (κ3) is 5.38. The van der Waals surface area contributed by atoms with E-state index in [0.29, 0.717) is 12.1 Å². The Morgan fingerprint density at radius 1 is 1.04 bits per heavy atom. The molecule has 0 aliphatic heterocycles. The quantitative estimate of drug-likeness (QED) is 0.699. The summed E-state index contributed by atoms with van der Waals surface area (Å²) in [5.74, 6) is -0.851. The number of methoxy groups -OCH3 is 1. The number of nitrogens with zero attached hydrogens (tertiary/aromatic N) is 1. The molecule has 2 rings (SSSR count). The number of ether oxygens (including phenoxy) is 1. The number of esters is 1. The van der Waals surface area contributed by atoms with Gasteiger partial charge in [-0.1, -0.05) is 30.3 Å². The van der Waals surface area contributed by atoms with Crippen molar-refractivity contribution in [2.45, 2.75) is 17.7 Å². The molecule has 0 heterocycles. The smallest absolute Gasteiger partial charge is 0.339 e. The van der Waals surface area contributed by atoms with Gasteiger partial charge in [0.2, 0.25) is 15.9 Å². The Morgan fingerprint density at radius 2 is 1.67 bits per heavy atom. The number of hydrogen-bond donors (Lipinski definition) is 1. The second-order valence-electron chi connectivity index (χ2n) is 5.83. The van der Waals surface area contributed by atoms with Gasteiger partial charge in [-0.2, -0.15) is 0 Å². The number of para-hydroxylation sites is 1. The third-order valence-electron chi connectivity index (χ3n) is 3.93. The molecule has 8 heteroatoms. The zero-order chi connectivity index (χ0) is 19.9. The fourth-order valence-corrected chi connectivity index (χ4v) is 3.68. The molecule has 0 bridgehead atoms. The lowest BCUT2D eigenvalue weighted by molar-refractivity contribution is -0.116. The van der Waals surface area contributed by atoms with Crippen molar-refractivity contribution < 1.29 is 22.7 Å². The predicted molar refractivity (Wildman–Crippen MR) is 102 cm³/mol. The second kappa shape index (κ2) is 9.29. The Hall–Kier alpha value is -2.71. The molecule has 2 aromatic rings. The van der Waals surface area contributed by atoms with Gasteiger partial charge in [-0.3, -0.25) is 4.79 Å². The van der Waals surface area contributed by atoms with Crippen LogP contribution in [0.2, 0.25) is 0 Å². The molecule has 0 fully saturated rings. The second-order valence-corrected chi connectivity index (χ2v) is 7.87. The Labute approximate surface area is 159 Å². The number of benzene rings is 2. The van der Waals surface area contributed by atoms with Crippen LogP contribution in [0.3, 0.4) is 0 Å². The van der Waals surface area contributed by atoms with E-state index in [1.165, 1.54) is 30.6 Å². The van der Waals surface area contributed by atoms with Gasteiger partial charge >= 0.3 is 5.97 Å². The van der Waals surface area contributed by atoms with Crippen molar-refractivity contribution in [1.82, 2.24) is 4.31 Å². The van der Waals surface area contributed by atoms with E-state index < -0.39 is 16.0 Å². The molecule has 0 aliphatic carbocycles. The molecule has 0 spiro atoms. The van der Waals surface area contributed by atoms with Crippen LogP contribution in [0.25, 0.3) is 0 Å².